The van der Waals surface area contributed by atoms with Crippen LogP contribution in [0.2, 0.25) is 0 Å². The van der Waals surface area contributed by atoms with Crippen molar-refractivity contribution in [2.75, 3.05) is 18.5 Å². The number of hydrogen-bond donors (Lipinski definition) is 5. The normalized spacial score (nSPS) is 16.5. The summed E-state index contributed by atoms with van der Waals surface area (Å²) in [5, 5.41) is 6.73. The van der Waals surface area contributed by atoms with E-state index >= 15 is 0 Å². The fraction of sp³-hybridized carbons (Fsp3) is 0.364. The predicted molar refractivity (Wildman–Crippen MR) is 177 cm³/mol. The van der Waals surface area contributed by atoms with E-state index in [9.17, 15) is 4.79 Å². The van der Waals surface area contributed by atoms with Gasteiger partial charge in [-0.15, -0.1) is 12.6 Å². The molecule has 2 aliphatic heterocycles. The maximum absolute atomic E-state index is 11.9. The maximum Gasteiger partial charge on any atom is 0.251 e. The Morgan fingerprint density at radius 2 is 1.71 bits per heavy atom. The summed E-state index contributed by atoms with van der Waals surface area (Å²) in [7, 11) is 0. The molecule has 3 aromatic rings. The second kappa shape index (κ2) is 16.5. The summed E-state index contributed by atoms with van der Waals surface area (Å²) in [4.78, 5) is 14.0. The van der Waals surface area contributed by atoms with E-state index in [-0.39, 0.29) is 23.4 Å². The Morgan fingerprint density at radius 3 is 2.39 bits per heavy atom. The highest BCUT2D eigenvalue weighted by Gasteiger charge is 2.26. The lowest BCUT2D eigenvalue weighted by Crippen LogP contribution is -2.38. The summed E-state index contributed by atoms with van der Waals surface area (Å²) in [5.74, 6) is -0.0252. The van der Waals surface area contributed by atoms with Gasteiger partial charge in [0.1, 0.15) is 0 Å². The number of nitrogens with two attached hydrogens (primary N) is 2. The van der Waals surface area contributed by atoms with Crippen molar-refractivity contribution in [3.8, 4) is 0 Å². The molecule has 3 aromatic carbocycles. The van der Waals surface area contributed by atoms with Gasteiger partial charge in [0.25, 0.3) is 5.91 Å². The molecular weight excluding hydrogens is 549 g/mol. The Balaban J connectivity index is 0.000000225. The molecule has 0 aromatic heterocycles. The van der Waals surface area contributed by atoms with Crippen molar-refractivity contribution in [3.63, 3.8) is 0 Å². The van der Waals surface area contributed by atoms with E-state index in [1.54, 1.807) is 12.1 Å². The number of para-hydroxylation sites is 1. The van der Waals surface area contributed by atoms with Crippen molar-refractivity contribution >= 4 is 41.7 Å². The predicted octanol–water partition coefficient (Wildman–Crippen LogP) is 6.72. The van der Waals surface area contributed by atoms with E-state index in [0.29, 0.717) is 5.56 Å². The van der Waals surface area contributed by atoms with Crippen molar-refractivity contribution in [2.24, 2.45) is 11.5 Å². The molecule has 41 heavy (non-hydrogen) atoms. The molecule has 8 heteroatoms. The highest BCUT2D eigenvalue weighted by molar-refractivity contribution is 8.00. The Bertz CT molecular complexity index is 1280. The molecule has 1 amide bonds. The second-order valence-electron chi connectivity index (χ2n) is 10.1. The second-order valence-corrected chi connectivity index (χ2v) is 11.8. The summed E-state index contributed by atoms with van der Waals surface area (Å²) in [6, 6.07) is 24.3. The Hall–Kier alpha value is -2.91. The van der Waals surface area contributed by atoms with Gasteiger partial charge in [0, 0.05) is 52.0 Å². The Labute approximate surface area is 255 Å². The number of hydrogen-bond acceptors (Lipinski definition) is 7. The number of thiol groups is 1. The Morgan fingerprint density at radius 1 is 1.02 bits per heavy atom. The number of benzene rings is 3. The average molecular weight is 593 g/mol. The fourth-order valence-electron chi connectivity index (χ4n) is 4.49. The molecule has 6 nitrogen and oxygen atoms in total. The largest absolute Gasteiger partial charge is 0.398 e. The molecule has 2 unspecified atom stereocenters. The van der Waals surface area contributed by atoms with Crippen LogP contribution >= 0.6 is 24.4 Å². The zero-order chi connectivity index (χ0) is 29.8. The van der Waals surface area contributed by atoms with E-state index < -0.39 is 0 Å². The van der Waals surface area contributed by atoms with Crippen molar-refractivity contribution < 1.29 is 9.53 Å². The highest BCUT2D eigenvalue weighted by atomic mass is 32.2. The zero-order valence-electron chi connectivity index (χ0n) is 24.5. The number of carbonyl (C=O) groups is 1. The molecule has 0 radical (unpaired) electrons. The standard InChI is InChI=1S/C19H23N3S.C12H15NO2S.C2H6/c1-12(2)18(21)14-7-5-6-13(10-14)11-15(20)19-22-16-8-3-4-9-17(16)23-19;14-12(9-2-1-3-11(16)8-9)13-10-4-6-15-7-5-10;1-2/h3-10,15,19,22H,11,20-21H2,1-2H3;1-3,8,10,16H,4-7H2,(H,13,14);1-2H3. The highest BCUT2D eigenvalue weighted by Crippen LogP contribution is 2.39. The lowest BCUT2D eigenvalue weighted by Gasteiger charge is -2.23. The van der Waals surface area contributed by atoms with E-state index in [1.165, 1.54) is 16.1 Å². The monoisotopic (exact) mass is 592 g/mol. The van der Waals surface area contributed by atoms with Gasteiger partial charge in [-0.05, 0) is 80.6 Å². The minimum atomic E-state index is -0.0252. The van der Waals surface area contributed by atoms with Crippen LogP contribution in [0.3, 0.4) is 0 Å². The van der Waals surface area contributed by atoms with Crippen molar-refractivity contribution in [1.82, 2.24) is 5.32 Å². The van der Waals surface area contributed by atoms with E-state index in [1.807, 2.05) is 57.7 Å². The summed E-state index contributed by atoms with van der Waals surface area (Å²) in [6.45, 7) is 9.53. The minimum Gasteiger partial charge on any atom is -0.398 e. The van der Waals surface area contributed by atoms with E-state index in [4.69, 9.17) is 16.2 Å². The van der Waals surface area contributed by atoms with Gasteiger partial charge >= 0.3 is 0 Å². The summed E-state index contributed by atoms with van der Waals surface area (Å²) in [5.41, 5.74) is 18.7. The number of allylic oxidation sites excluding steroid dienone is 1. The number of thioether (sulfide) groups is 1. The van der Waals surface area contributed by atoms with Crippen LogP contribution in [-0.2, 0) is 11.2 Å². The van der Waals surface area contributed by atoms with Gasteiger partial charge in [0.05, 0.1) is 5.37 Å². The molecule has 220 valence electrons. The molecule has 1 saturated heterocycles. The zero-order valence-corrected chi connectivity index (χ0v) is 26.2. The van der Waals surface area contributed by atoms with Gasteiger partial charge in [-0.2, -0.15) is 0 Å². The summed E-state index contributed by atoms with van der Waals surface area (Å²) >= 11 is 6.02. The van der Waals surface area contributed by atoms with Crippen LogP contribution in [0.1, 0.15) is 62.0 Å². The first kappa shape index (κ1) is 32.6. The van der Waals surface area contributed by atoms with Crippen LogP contribution in [0.15, 0.2) is 88.2 Å². The third kappa shape index (κ3) is 9.85. The maximum atomic E-state index is 11.9. The minimum absolute atomic E-state index is 0.0252. The van der Waals surface area contributed by atoms with Gasteiger partial charge in [-0.3, -0.25) is 4.79 Å². The van der Waals surface area contributed by atoms with Gasteiger partial charge in [-0.25, -0.2) is 0 Å². The lowest BCUT2D eigenvalue weighted by atomic mass is 10.0. The number of nitrogens with one attached hydrogen (secondary N) is 2. The number of fused-ring (bicyclic) bond motifs is 1. The molecule has 2 heterocycles. The van der Waals surface area contributed by atoms with Crippen molar-refractivity contribution in [2.45, 2.75) is 74.2 Å². The van der Waals surface area contributed by atoms with Gasteiger partial charge in [0.2, 0.25) is 0 Å². The van der Waals surface area contributed by atoms with Crippen LogP contribution in [0.4, 0.5) is 5.69 Å². The molecule has 6 N–H and O–H groups in total. The average Bonchev–Trinajstić information content (AvgIpc) is 3.44. The molecule has 0 spiro atoms. The van der Waals surface area contributed by atoms with Gasteiger partial charge in [0.15, 0.2) is 0 Å². The van der Waals surface area contributed by atoms with Gasteiger partial charge < -0.3 is 26.8 Å². The fourth-order valence-corrected chi connectivity index (χ4v) is 5.86. The molecule has 2 aliphatic rings. The summed E-state index contributed by atoms with van der Waals surface area (Å²) in [6.07, 6.45) is 2.61. The molecule has 0 aliphatic carbocycles. The molecule has 0 saturated carbocycles. The number of amides is 1. The third-order valence-corrected chi connectivity index (χ3v) is 8.35. The first-order valence-electron chi connectivity index (χ1n) is 14.3. The first-order chi connectivity index (χ1) is 19.8. The smallest absolute Gasteiger partial charge is 0.251 e. The van der Waals surface area contributed by atoms with E-state index in [0.717, 1.165) is 54.2 Å². The Kier molecular flexibility index (Phi) is 13.1. The molecule has 2 atom stereocenters. The number of carbonyl (C=O) groups excluding carboxylic acids is 1. The van der Waals surface area contributed by atoms with Crippen molar-refractivity contribution in [3.05, 3.63) is 95.1 Å². The number of ether oxygens (including phenoxy) is 1. The number of anilines is 1. The quantitative estimate of drug-likeness (QED) is 0.204. The topological polar surface area (TPSA) is 102 Å². The van der Waals surface area contributed by atoms with Crippen molar-refractivity contribution in [1.29, 1.82) is 0 Å². The molecule has 5 rings (SSSR count). The lowest BCUT2D eigenvalue weighted by molar-refractivity contribution is 0.0696. The summed E-state index contributed by atoms with van der Waals surface area (Å²) < 4.78 is 5.24. The molecular formula is C33H44N4O2S2. The first-order valence-corrected chi connectivity index (χ1v) is 15.6. The van der Waals surface area contributed by atoms with Crippen LogP contribution in [0.5, 0.6) is 0 Å². The van der Waals surface area contributed by atoms with Gasteiger partial charge in [-0.1, -0.05) is 67.6 Å². The van der Waals surface area contributed by atoms with Crippen LogP contribution in [-0.4, -0.2) is 36.6 Å². The van der Waals surface area contributed by atoms with Crippen LogP contribution in [0, 0.1) is 0 Å². The molecule has 0 bridgehead atoms. The van der Waals surface area contributed by atoms with E-state index in [2.05, 4.69) is 65.7 Å². The third-order valence-electron chi connectivity index (χ3n) is 6.74. The van der Waals surface area contributed by atoms with Crippen LogP contribution < -0.4 is 22.1 Å². The SMILES string of the molecule is CC.CC(C)=C(N)c1cccc(CC(N)C2Nc3ccccc3S2)c1.O=C(NC1CCOCC1)c1cccc(S)c1. The molecule has 1 fully saturated rings. The van der Waals surface area contributed by atoms with Crippen LogP contribution in [0.25, 0.3) is 5.70 Å². The number of rotatable bonds is 6.